The minimum absolute atomic E-state index is 0.0831. The molecule has 0 bridgehead atoms. The van der Waals surface area contributed by atoms with Crippen LogP contribution in [0.15, 0.2) is 34.9 Å². The van der Waals surface area contributed by atoms with E-state index >= 15 is 0 Å². The summed E-state index contributed by atoms with van der Waals surface area (Å²) in [5, 5.41) is 4.78. The molecular weight excluding hydrogens is 288 g/mol. The van der Waals surface area contributed by atoms with Gasteiger partial charge in [0.1, 0.15) is 0 Å². The average Bonchev–Trinajstić information content (AvgIpc) is 3.04. The van der Waals surface area contributed by atoms with Gasteiger partial charge < -0.3 is 10.3 Å². The fourth-order valence-corrected chi connectivity index (χ4v) is 3.23. The van der Waals surface area contributed by atoms with Gasteiger partial charge in [0.2, 0.25) is 5.89 Å². The van der Waals surface area contributed by atoms with E-state index in [4.69, 9.17) is 10.3 Å². The quantitative estimate of drug-likeness (QED) is 0.779. The highest BCUT2D eigenvalue weighted by atomic mass is 32.1. The van der Waals surface area contributed by atoms with Crippen molar-refractivity contribution in [1.82, 2.24) is 15.0 Å². The van der Waals surface area contributed by atoms with Crippen LogP contribution in [0, 0.1) is 0 Å². The van der Waals surface area contributed by atoms with Crippen LogP contribution >= 0.6 is 11.3 Å². The fraction of sp³-hybridized carbons (Fsp3) is 0.214. The zero-order chi connectivity index (χ0) is 14.8. The van der Waals surface area contributed by atoms with Gasteiger partial charge in [-0.25, -0.2) is 0 Å². The number of fused-ring (bicyclic) bond motifs is 1. The number of hydrogen-bond donors (Lipinski definition) is 1. The molecule has 1 aromatic carbocycles. The van der Waals surface area contributed by atoms with E-state index in [1.54, 1.807) is 11.3 Å². The Morgan fingerprint density at radius 3 is 2.90 bits per heavy atom. The third kappa shape index (κ3) is 3.09. The summed E-state index contributed by atoms with van der Waals surface area (Å²) in [5.74, 6) is -0.384. The Bertz CT molecular complexity index is 747. The summed E-state index contributed by atoms with van der Waals surface area (Å²) in [6.45, 7) is 1.24. The van der Waals surface area contributed by atoms with E-state index in [-0.39, 0.29) is 5.82 Å². The van der Waals surface area contributed by atoms with Crippen molar-refractivity contribution in [2.45, 2.75) is 13.1 Å². The number of amides is 1. The molecule has 7 heteroatoms. The molecule has 3 aromatic rings. The molecule has 2 aromatic heterocycles. The van der Waals surface area contributed by atoms with Gasteiger partial charge in [0.15, 0.2) is 0 Å². The van der Waals surface area contributed by atoms with E-state index in [0.717, 1.165) is 6.54 Å². The van der Waals surface area contributed by atoms with Crippen molar-refractivity contribution in [3.63, 3.8) is 0 Å². The predicted octanol–water partition coefficient (Wildman–Crippen LogP) is 2.02. The van der Waals surface area contributed by atoms with Crippen molar-refractivity contribution < 1.29 is 9.32 Å². The molecule has 0 fully saturated rings. The van der Waals surface area contributed by atoms with Gasteiger partial charge in [0.25, 0.3) is 11.7 Å². The lowest BCUT2D eigenvalue weighted by molar-refractivity contribution is 0.0987. The number of rotatable bonds is 5. The minimum Gasteiger partial charge on any atom is -0.363 e. The Hall–Kier alpha value is -2.25. The molecule has 0 saturated heterocycles. The summed E-state index contributed by atoms with van der Waals surface area (Å²) < 4.78 is 6.27. The maximum absolute atomic E-state index is 10.9. The Morgan fingerprint density at radius 1 is 1.38 bits per heavy atom. The third-order valence-electron chi connectivity index (χ3n) is 3.00. The number of aromatic nitrogens is 2. The molecule has 21 heavy (non-hydrogen) atoms. The molecule has 0 aliphatic rings. The van der Waals surface area contributed by atoms with Gasteiger partial charge in [-0.3, -0.25) is 9.69 Å². The van der Waals surface area contributed by atoms with Crippen LogP contribution in [0.1, 0.15) is 21.4 Å². The molecule has 2 heterocycles. The maximum Gasteiger partial charge on any atom is 0.290 e. The summed E-state index contributed by atoms with van der Waals surface area (Å²) in [6, 6.07) is 10.5. The molecule has 1 amide bonds. The van der Waals surface area contributed by atoms with Crippen LogP contribution in [0.2, 0.25) is 0 Å². The van der Waals surface area contributed by atoms with Crippen molar-refractivity contribution in [2.75, 3.05) is 7.05 Å². The van der Waals surface area contributed by atoms with Gasteiger partial charge >= 0.3 is 0 Å². The topological polar surface area (TPSA) is 85.3 Å². The second-order valence-corrected chi connectivity index (χ2v) is 5.97. The van der Waals surface area contributed by atoms with E-state index < -0.39 is 5.91 Å². The first-order valence-electron chi connectivity index (χ1n) is 6.40. The Labute approximate surface area is 125 Å². The summed E-state index contributed by atoms with van der Waals surface area (Å²) in [6.07, 6.45) is 0. The standard InChI is InChI=1S/C14H14N4O2S/c1-18(8-12-16-14(13(15)19)17-20-12)7-10-6-9-4-2-3-5-11(9)21-10/h2-6H,7-8H2,1H3,(H2,15,19). The maximum atomic E-state index is 10.9. The first kappa shape index (κ1) is 13.7. The van der Waals surface area contributed by atoms with Crippen molar-refractivity contribution in [2.24, 2.45) is 5.73 Å². The van der Waals surface area contributed by atoms with Gasteiger partial charge in [-0.2, -0.15) is 4.98 Å². The normalized spacial score (nSPS) is 11.3. The van der Waals surface area contributed by atoms with Crippen molar-refractivity contribution in [1.29, 1.82) is 0 Å². The highest BCUT2D eigenvalue weighted by Gasteiger charge is 2.13. The molecule has 0 spiro atoms. The molecule has 108 valence electrons. The lowest BCUT2D eigenvalue weighted by Gasteiger charge is -2.12. The largest absolute Gasteiger partial charge is 0.363 e. The van der Waals surface area contributed by atoms with Crippen LogP contribution in [0.3, 0.4) is 0 Å². The van der Waals surface area contributed by atoms with Gasteiger partial charge in [-0.15, -0.1) is 11.3 Å². The van der Waals surface area contributed by atoms with Crippen molar-refractivity contribution in [3.8, 4) is 0 Å². The van der Waals surface area contributed by atoms with E-state index in [0.29, 0.717) is 12.4 Å². The molecule has 0 atom stereocenters. The lowest BCUT2D eigenvalue weighted by Crippen LogP contribution is -2.17. The molecule has 0 saturated carbocycles. The molecule has 0 aliphatic carbocycles. The Balaban J connectivity index is 1.67. The highest BCUT2D eigenvalue weighted by molar-refractivity contribution is 7.19. The summed E-state index contributed by atoms with van der Waals surface area (Å²) in [7, 11) is 1.96. The number of nitrogens with zero attached hydrogens (tertiary/aromatic N) is 3. The molecular formula is C14H14N4O2S. The van der Waals surface area contributed by atoms with Gasteiger partial charge in [-0.1, -0.05) is 23.4 Å². The molecule has 2 N–H and O–H groups in total. The second-order valence-electron chi connectivity index (χ2n) is 4.80. The number of carbonyl (C=O) groups excluding carboxylic acids is 1. The molecule has 0 unspecified atom stereocenters. The first-order chi connectivity index (χ1) is 10.1. The SMILES string of the molecule is CN(Cc1nc(C(N)=O)no1)Cc1cc2ccccc2s1. The van der Waals surface area contributed by atoms with Crippen LogP contribution in [-0.2, 0) is 13.1 Å². The van der Waals surface area contributed by atoms with E-state index in [1.165, 1.54) is 15.0 Å². The summed E-state index contributed by atoms with van der Waals surface area (Å²) in [5.41, 5.74) is 5.09. The average molecular weight is 302 g/mol. The number of carbonyl (C=O) groups is 1. The lowest BCUT2D eigenvalue weighted by atomic mass is 10.2. The van der Waals surface area contributed by atoms with Crippen LogP contribution < -0.4 is 5.73 Å². The molecule has 0 aliphatic heterocycles. The Kier molecular flexibility index (Phi) is 3.68. The zero-order valence-electron chi connectivity index (χ0n) is 11.4. The zero-order valence-corrected chi connectivity index (χ0v) is 12.3. The number of benzene rings is 1. The number of hydrogen-bond acceptors (Lipinski definition) is 6. The summed E-state index contributed by atoms with van der Waals surface area (Å²) in [4.78, 5) is 18.2. The van der Waals surface area contributed by atoms with Crippen LogP contribution in [0.5, 0.6) is 0 Å². The van der Waals surface area contributed by atoms with Crippen LogP contribution in [-0.4, -0.2) is 28.0 Å². The van der Waals surface area contributed by atoms with Gasteiger partial charge in [-0.05, 0) is 24.6 Å². The highest BCUT2D eigenvalue weighted by Crippen LogP contribution is 2.26. The fourth-order valence-electron chi connectivity index (χ4n) is 2.09. The van der Waals surface area contributed by atoms with Crippen LogP contribution in [0.4, 0.5) is 0 Å². The van der Waals surface area contributed by atoms with Gasteiger partial charge in [0.05, 0.1) is 6.54 Å². The third-order valence-corrected chi connectivity index (χ3v) is 4.10. The molecule has 3 rings (SSSR count). The van der Waals surface area contributed by atoms with E-state index in [9.17, 15) is 4.79 Å². The van der Waals surface area contributed by atoms with E-state index in [1.807, 2.05) is 24.1 Å². The number of thiophene rings is 1. The van der Waals surface area contributed by atoms with Gasteiger partial charge in [0, 0.05) is 16.1 Å². The predicted molar refractivity (Wildman–Crippen MR) is 79.8 cm³/mol. The first-order valence-corrected chi connectivity index (χ1v) is 7.22. The second kappa shape index (κ2) is 5.63. The van der Waals surface area contributed by atoms with Crippen molar-refractivity contribution >= 4 is 27.3 Å². The smallest absolute Gasteiger partial charge is 0.290 e. The monoisotopic (exact) mass is 302 g/mol. The van der Waals surface area contributed by atoms with Crippen molar-refractivity contribution in [3.05, 3.63) is 46.9 Å². The van der Waals surface area contributed by atoms with E-state index in [2.05, 4.69) is 28.3 Å². The minimum atomic E-state index is -0.683. The summed E-state index contributed by atoms with van der Waals surface area (Å²) >= 11 is 1.76. The Morgan fingerprint density at radius 2 is 2.19 bits per heavy atom. The molecule has 0 radical (unpaired) electrons. The number of nitrogens with two attached hydrogens (primary N) is 1. The van der Waals surface area contributed by atoms with Crippen LogP contribution in [0.25, 0.3) is 10.1 Å². The number of primary amides is 1. The molecule has 6 nitrogen and oxygen atoms in total.